The zero-order valence-corrected chi connectivity index (χ0v) is 19.0. The Bertz CT molecular complexity index is 1430. The molecule has 182 valence electrons. The lowest BCUT2D eigenvalue weighted by molar-refractivity contribution is -0.385. The second-order valence-electron chi connectivity index (χ2n) is 8.11. The van der Waals surface area contributed by atoms with Crippen molar-refractivity contribution in [2.75, 3.05) is 26.3 Å². The van der Waals surface area contributed by atoms with Gasteiger partial charge in [-0.25, -0.2) is 9.37 Å². The van der Waals surface area contributed by atoms with Crippen LogP contribution >= 0.6 is 0 Å². The lowest BCUT2D eigenvalue weighted by Gasteiger charge is -2.27. The van der Waals surface area contributed by atoms with Crippen molar-refractivity contribution in [1.29, 1.82) is 0 Å². The van der Waals surface area contributed by atoms with E-state index >= 15 is 0 Å². The lowest BCUT2D eigenvalue weighted by atomic mass is 10.1. The van der Waals surface area contributed by atoms with Crippen LogP contribution in [-0.4, -0.2) is 52.0 Å². The van der Waals surface area contributed by atoms with E-state index in [1.807, 2.05) is 24.3 Å². The van der Waals surface area contributed by atoms with Crippen molar-refractivity contribution in [3.8, 4) is 11.5 Å². The smallest absolute Gasteiger partial charge is 0.312 e. The molecule has 0 aliphatic carbocycles. The molecule has 0 bridgehead atoms. The highest BCUT2D eigenvalue weighted by Gasteiger charge is 2.25. The van der Waals surface area contributed by atoms with Crippen molar-refractivity contribution in [3.05, 3.63) is 94.0 Å². The molecule has 1 amide bonds. The molecule has 4 aromatic rings. The molecule has 1 fully saturated rings. The molecule has 5 rings (SSSR count). The first-order valence-electron chi connectivity index (χ1n) is 11.2. The molecule has 0 spiro atoms. The minimum absolute atomic E-state index is 0.00597. The van der Waals surface area contributed by atoms with Gasteiger partial charge in [0.2, 0.25) is 5.75 Å². The number of nitrogens with one attached hydrogen (secondary N) is 1. The van der Waals surface area contributed by atoms with Crippen LogP contribution in [0.3, 0.4) is 0 Å². The maximum atomic E-state index is 13.5. The highest BCUT2D eigenvalue weighted by atomic mass is 19.1. The maximum Gasteiger partial charge on any atom is 0.312 e. The molecule has 0 saturated carbocycles. The number of nitrogens with zero attached hydrogens (tertiary/aromatic N) is 3. The number of ether oxygens (including phenoxy) is 2. The summed E-state index contributed by atoms with van der Waals surface area (Å²) in [6, 6.07) is 17.0. The number of hydrogen-bond donors (Lipinski definition) is 1. The van der Waals surface area contributed by atoms with Crippen LogP contribution in [0.4, 0.5) is 10.1 Å². The number of nitro benzene ring substituents is 1. The fourth-order valence-corrected chi connectivity index (χ4v) is 3.90. The molecule has 9 nitrogen and oxygen atoms in total. The van der Waals surface area contributed by atoms with Crippen LogP contribution in [0.25, 0.3) is 22.7 Å². The van der Waals surface area contributed by atoms with Crippen LogP contribution in [0.5, 0.6) is 11.5 Å². The average molecular weight is 488 g/mol. The number of imidazole rings is 1. The van der Waals surface area contributed by atoms with Crippen LogP contribution in [0.15, 0.2) is 66.7 Å². The molecule has 0 atom stereocenters. The van der Waals surface area contributed by atoms with E-state index in [1.165, 1.54) is 36.4 Å². The number of benzene rings is 3. The predicted octanol–water partition coefficient (Wildman–Crippen LogP) is 4.80. The number of aromatic amines is 1. The number of H-pyrrole nitrogens is 1. The van der Waals surface area contributed by atoms with Gasteiger partial charge in [0.05, 0.1) is 34.7 Å². The van der Waals surface area contributed by atoms with E-state index in [0.717, 1.165) is 5.52 Å². The Kier molecular flexibility index (Phi) is 6.42. The number of morpholine rings is 1. The number of fused-ring (bicyclic) bond motifs is 1. The highest BCUT2D eigenvalue weighted by molar-refractivity contribution is 6.23. The van der Waals surface area contributed by atoms with Crippen LogP contribution < -0.4 is 4.74 Å². The van der Waals surface area contributed by atoms with Crippen LogP contribution in [0, 0.1) is 15.9 Å². The van der Waals surface area contributed by atoms with Crippen molar-refractivity contribution in [1.82, 2.24) is 14.9 Å². The maximum absolute atomic E-state index is 13.5. The molecule has 0 unspecified atom stereocenters. The Morgan fingerprint density at radius 1 is 1.11 bits per heavy atom. The summed E-state index contributed by atoms with van der Waals surface area (Å²) >= 11 is 0. The molecule has 1 aliphatic rings. The number of para-hydroxylation sites is 2. The van der Waals surface area contributed by atoms with Crippen molar-refractivity contribution in [2.24, 2.45) is 0 Å². The topological polar surface area (TPSA) is 111 Å². The van der Waals surface area contributed by atoms with Gasteiger partial charge in [0.25, 0.3) is 5.91 Å². The molecular weight excluding hydrogens is 467 g/mol. The van der Waals surface area contributed by atoms with E-state index in [2.05, 4.69) is 9.97 Å². The summed E-state index contributed by atoms with van der Waals surface area (Å²) in [5.74, 6) is -0.0872. The molecule has 10 heteroatoms. The number of carbonyl (C=O) groups excluding carboxylic acids is 1. The number of rotatable bonds is 6. The first-order valence-corrected chi connectivity index (χ1v) is 11.2. The van der Waals surface area contributed by atoms with Gasteiger partial charge in [-0.3, -0.25) is 14.9 Å². The van der Waals surface area contributed by atoms with E-state index < -0.39 is 10.7 Å². The van der Waals surface area contributed by atoms with E-state index in [0.29, 0.717) is 43.2 Å². The average Bonchev–Trinajstić information content (AvgIpc) is 3.33. The first kappa shape index (κ1) is 23.2. The fourth-order valence-electron chi connectivity index (χ4n) is 3.90. The first-order chi connectivity index (χ1) is 17.5. The normalized spacial score (nSPS) is 14.1. The zero-order valence-electron chi connectivity index (χ0n) is 19.0. The van der Waals surface area contributed by atoms with E-state index in [4.69, 9.17) is 9.47 Å². The van der Waals surface area contributed by atoms with Gasteiger partial charge in [-0.15, -0.1) is 0 Å². The second kappa shape index (κ2) is 9.96. The number of hydrogen-bond acceptors (Lipinski definition) is 6. The molecule has 1 aromatic heterocycles. The molecule has 36 heavy (non-hydrogen) atoms. The fraction of sp³-hybridized carbons (Fsp3) is 0.154. The standard InChI is InChI=1S/C26H21FN4O5/c27-18-6-8-19(9-7-18)36-24-10-5-17(16-23(24)31(33)34)15-20(26(32)30-11-13-35-14-12-30)25-28-21-3-1-2-4-22(21)29-25/h1-10,15-16H,11-14H2,(H,28,29)/b20-15+. The Labute approximate surface area is 204 Å². The van der Waals surface area contributed by atoms with Gasteiger partial charge in [0.15, 0.2) is 0 Å². The van der Waals surface area contributed by atoms with Crippen molar-refractivity contribution < 1.29 is 23.6 Å². The van der Waals surface area contributed by atoms with Gasteiger partial charge in [0, 0.05) is 19.2 Å². The largest absolute Gasteiger partial charge is 0.450 e. The number of aromatic nitrogens is 2. The van der Waals surface area contributed by atoms with Crippen LogP contribution in [-0.2, 0) is 9.53 Å². The summed E-state index contributed by atoms with van der Waals surface area (Å²) in [6.45, 7) is 1.72. The lowest BCUT2D eigenvalue weighted by Crippen LogP contribution is -2.41. The number of amides is 1. The van der Waals surface area contributed by atoms with E-state index in [9.17, 15) is 19.3 Å². The second-order valence-corrected chi connectivity index (χ2v) is 8.11. The van der Waals surface area contributed by atoms with Gasteiger partial charge in [0.1, 0.15) is 17.4 Å². The SMILES string of the molecule is O=C(/C(=C/c1ccc(Oc2ccc(F)cc2)c([N+](=O)[O-])c1)c1nc2ccccc2[nH]1)N1CCOCC1. The summed E-state index contributed by atoms with van der Waals surface area (Å²) in [7, 11) is 0. The van der Waals surface area contributed by atoms with Crippen molar-refractivity contribution >= 4 is 34.3 Å². The summed E-state index contributed by atoms with van der Waals surface area (Å²) in [6.07, 6.45) is 1.57. The predicted molar refractivity (Wildman–Crippen MR) is 131 cm³/mol. The highest BCUT2D eigenvalue weighted by Crippen LogP contribution is 2.33. The number of halogens is 1. The van der Waals surface area contributed by atoms with E-state index in [-0.39, 0.29) is 28.7 Å². The number of carbonyl (C=O) groups is 1. The molecule has 2 heterocycles. The summed E-state index contributed by atoms with van der Waals surface area (Å²) in [4.78, 5) is 34.1. The Morgan fingerprint density at radius 2 is 1.86 bits per heavy atom. The van der Waals surface area contributed by atoms with Gasteiger partial charge < -0.3 is 19.4 Å². The van der Waals surface area contributed by atoms with Gasteiger partial charge in [-0.2, -0.15) is 0 Å². The Hall–Kier alpha value is -4.57. The third kappa shape index (κ3) is 4.93. The molecule has 1 aliphatic heterocycles. The zero-order chi connectivity index (χ0) is 25.1. The minimum atomic E-state index is -0.569. The van der Waals surface area contributed by atoms with Gasteiger partial charge in [-0.1, -0.05) is 18.2 Å². The molecule has 1 N–H and O–H groups in total. The summed E-state index contributed by atoms with van der Waals surface area (Å²) in [5, 5.41) is 11.8. The van der Waals surface area contributed by atoms with Gasteiger partial charge in [-0.05, 0) is 54.1 Å². The van der Waals surface area contributed by atoms with Crippen molar-refractivity contribution in [2.45, 2.75) is 0 Å². The van der Waals surface area contributed by atoms with Crippen LogP contribution in [0.2, 0.25) is 0 Å². The van der Waals surface area contributed by atoms with Crippen LogP contribution in [0.1, 0.15) is 11.4 Å². The van der Waals surface area contributed by atoms with E-state index in [1.54, 1.807) is 17.0 Å². The summed E-state index contributed by atoms with van der Waals surface area (Å²) < 4.78 is 24.2. The monoisotopic (exact) mass is 488 g/mol. The Balaban J connectivity index is 1.55. The van der Waals surface area contributed by atoms with Crippen molar-refractivity contribution in [3.63, 3.8) is 0 Å². The molecular formula is C26H21FN4O5. The molecule has 3 aromatic carbocycles. The summed E-state index contributed by atoms with van der Waals surface area (Å²) in [5.41, 5.74) is 1.86. The Morgan fingerprint density at radius 3 is 2.58 bits per heavy atom. The van der Waals surface area contributed by atoms with Gasteiger partial charge >= 0.3 is 5.69 Å². The number of nitro groups is 1. The minimum Gasteiger partial charge on any atom is -0.450 e. The third-order valence-electron chi connectivity index (χ3n) is 5.71. The quantitative estimate of drug-likeness (QED) is 0.237. The molecule has 1 saturated heterocycles. The third-order valence-corrected chi connectivity index (χ3v) is 5.71. The molecule has 0 radical (unpaired) electrons.